The van der Waals surface area contributed by atoms with Gasteiger partial charge < -0.3 is 5.73 Å². The second-order valence-electron chi connectivity index (χ2n) is 5.40. The van der Waals surface area contributed by atoms with Gasteiger partial charge in [-0.3, -0.25) is 9.59 Å². The third-order valence-electron chi connectivity index (χ3n) is 4.19. The van der Waals surface area contributed by atoms with Crippen LogP contribution in [0.4, 0.5) is 11.4 Å². The summed E-state index contributed by atoms with van der Waals surface area (Å²) in [4.78, 5) is 26.1. The quantitative estimate of drug-likeness (QED) is 0.638. The number of anilines is 2. The normalized spacial score (nSPS) is 21.6. The number of benzene rings is 1. The van der Waals surface area contributed by atoms with E-state index in [1.807, 2.05) is 0 Å². The van der Waals surface area contributed by atoms with E-state index in [1.54, 1.807) is 18.2 Å². The molecule has 0 radical (unpaired) electrons. The van der Waals surface area contributed by atoms with E-state index < -0.39 is 5.41 Å². The molecule has 0 unspecified atom stereocenters. The molecule has 100 valence electrons. The highest BCUT2D eigenvalue weighted by molar-refractivity contribution is 9.10. The summed E-state index contributed by atoms with van der Waals surface area (Å²) in [6.07, 6.45) is 4.09. The number of hydrogen-bond donors (Lipinski definition) is 1. The Morgan fingerprint density at radius 2 is 1.89 bits per heavy atom. The monoisotopic (exact) mass is 322 g/mol. The Kier molecular flexibility index (Phi) is 2.89. The summed E-state index contributed by atoms with van der Waals surface area (Å²) in [7, 11) is 0. The van der Waals surface area contributed by atoms with Crippen molar-refractivity contribution >= 4 is 39.1 Å². The van der Waals surface area contributed by atoms with E-state index in [2.05, 4.69) is 15.9 Å². The first-order chi connectivity index (χ1) is 9.03. The number of carbonyl (C=O) groups is 2. The zero-order valence-corrected chi connectivity index (χ0v) is 12.1. The van der Waals surface area contributed by atoms with Gasteiger partial charge in [0.2, 0.25) is 11.8 Å². The highest BCUT2D eigenvalue weighted by Crippen LogP contribution is 2.48. The minimum Gasteiger partial charge on any atom is -0.398 e. The van der Waals surface area contributed by atoms with Crippen molar-refractivity contribution in [3.8, 4) is 0 Å². The van der Waals surface area contributed by atoms with Crippen LogP contribution in [-0.2, 0) is 9.59 Å². The largest absolute Gasteiger partial charge is 0.398 e. The number of halogens is 1. The SMILES string of the molecule is Nc1cc(N2C(=O)CC3(CCCC3)C2=O)ccc1Br. The first-order valence-corrected chi connectivity index (χ1v) is 7.25. The first kappa shape index (κ1) is 12.7. The van der Waals surface area contributed by atoms with Gasteiger partial charge in [0.1, 0.15) is 0 Å². The van der Waals surface area contributed by atoms with E-state index in [1.165, 1.54) is 4.90 Å². The molecule has 1 spiro atoms. The molecule has 19 heavy (non-hydrogen) atoms. The van der Waals surface area contributed by atoms with Crippen LogP contribution in [0, 0.1) is 5.41 Å². The molecule has 2 fully saturated rings. The summed E-state index contributed by atoms with van der Waals surface area (Å²) in [6.45, 7) is 0. The van der Waals surface area contributed by atoms with Gasteiger partial charge in [-0.25, -0.2) is 4.90 Å². The van der Waals surface area contributed by atoms with Gasteiger partial charge in [0.05, 0.1) is 11.1 Å². The molecule has 2 amide bonds. The molecule has 1 heterocycles. The minimum absolute atomic E-state index is 0.0447. The van der Waals surface area contributed by atoms with Crippen molar-refractivity contribution in [2.75, 3.05) is 10.6 Å². The molecule has 0 atom stereocenters. The zero-order chi connectivity index (χ0) is 13.6. The van der Waals surface area contributed by atoms with Crippen molar-refractivity contribution in [1.29, 1.82) is 0 Å². The van der Waals surface area contributed by atoms with E-state index in [0.717, 1.165) is 30.2 Å². The van der Waals surface area contributed by atoms with Gasteiger partial charge in [0, 0.05) is 16.6 Å². The fraction of sp³-hybridized carbons (Fsp3) is 0.429. The molecule has 1 aliphatic heterocycles. The fourth-order valence-corrected chi connectivity index (χ4v) is 3.42. The maximum Gasteiger partial charge on any atom is 0.240 e. The predicted molar refractivity (Wildman–Crippen MR) is 76.6 cm³/mol. The molecule has 0 bridgehead atoms. The number of hydrogen-bond acceptors (Lipinski definition) is 3. The summed E-state index contributed by atoms with van der Waals surface area (Å²) in [5, 5.41) is 0. The zero-order valence-electron chi connectivity index (χ0n) is 10.5. The standard InChI is InChI=1S/C14H15BrN2O2/c15-10-4-3-9(7-11(10)16)17-12(18)8-14(13(17)19)5-1-2-6-14/h3-4,7H,1-2,5-6,8,16H2. The average Bonchev–Trinajstić information content (AvgIpc) is 2.91. The molecule has 1 saturated heterocycles. The fourth-order valence-electron chi connectivity index (χ4n) is 3.17. The number of nitrogen functional groups attached to an aromatic ring is 1. The van der Waals surface area contributed by atoms with E-state index in [9.17, 15) is 9.59 Å². The lowest BCUT2D eigenvalue weighted by Crippen LogP contribution is -2.34. The van der Waals surface area contributed by atoms with Crippen molar-refractivity contribution in [1.82, 2.24) is 0 Å². The van der Waals surface area contributed by atoms with Gasteiger partial charge in [-0.05, 0) is 47.0 Å². The molecule has 3 rings (SSSR count). The molecule has 1 aromatic carbocycles. The van der Waals surface area contributed by atoms with Crippen LogP contribution < -0.4 is 10.6 Å². The summed E-state index contributed by atoms with van der Waals surface area (Å²) in [5.41, 5.74) is 6.51. The Labute approximate surface area is 120 Å². The lowest BCUT2D eigenvalue weighted by molar-refractivity contribution is -0.125. The molecule has 1 aromatic rings. The third-order valence-corrected chi connectivity index (χ3v) is 4.92. The average molecular weight is 323 g/mol. The Morgan fingerprint density at radius 3 is 2.53 bits per heavy atom. The van der Waals surface area contributed by atoms with E-state index >= 15 is 0 Å². The molecule has 4 nitrogen and oxygen atoms in total. The van der Waals surface area contributed by atoms with Crippen LogP contribution >= 0.6 is 15.9 Å². The highest BCUT2D eigenvalue weighted by atomic mass is 79.9. The van der Waals surface area contributed by atoms with Gasteiger partial charge in [0.15, 0.2) is 0 Å². The second kappa shape index (κ2) is 4.34. The van der Waals surface area contributed by atoms with Crippen LogP contribution in [0.3, 0.4) is 0 Å². The Morgan fingerprint density at radius 1 is 1.21 bits per heavy atom. The lowest BCUT2D eigenvalue weighted by Gasteiger charge is -2.21. The van der Waals surface area contributed by atoms with Crippen LogP contribution in [0.1, 0.15) is 32.1 Å². The maximum atomic E-state index is 12.6. The third kappa shape index (κ3) is 1.87. The number of nitrogens with two attached hydrogens (primary N) is 1. The van der Waals surface area contributed by atoms with Crippen LogP contribution in [0.15, 0.2) is 22.7 Å². The number of nitrogens with zero attached hydrogens (tertiary/aromatic N) is 1. The predicted octanol–water partition coefficient (Wildman–Crippen LogP) is 2.86. The lowest BCUT2D eigenvalue weighted by atomic mass is 9.84. The second-order valence-corrected chi connectivity index (χ2v) is 6.26. The highest BCUT2D eigenvalue weighted by Gasteiger charge is 2.53. The van der Waals surface area contributed by atoms with Gasteiger partial charge in [-0.2, -0.15) is 0 Å². The maximum absolute atomic E-state index is 12.6. The molecule has 1 saturated carbocycles. The van der Waals surface area contributed by atoms with Crippen LogP contribution in [0.2, 0.25) is 0 Å². The van der Waals surface area contributed by atoms with Crippen molar-refractivity contribution in [3.63, 3.8) is 0 Å². The van der Waals surface area contributed by atoms with E-state index in [-0.39, 0.29) is 11.8 Å². The van der Waals surface area contributed by atoms with Crippen molar-refractivity contribution in [2.24, 2.45) is 5.41 Å². The minimum atomic E-state index is -0.432. The molecule has 0 aromatic heterocycles. The van der Waals surface area contributed by atoms with Crippen molar-refractivity contribution < 1.29 is 9.59 Å². The summed E-state index contributed by atoms with van der Waals surface area (Å²) < 4.78 is 0.769. The summed E-state index contributed by atoms with van der Waals surface area (Å²) in [5.74, 6) is -0.148. The molecule has 2 N–H and O–H groups in total. The number of imide groups is 1. The molecule has 1 aliphatic carbocycles. The van der Waals surface area contributed by atoms with Crippen molar-refractivity contribution in [3.05, 3.63) is 22.7 Å². The van der Waals surface area contributed by atoms with Crippen LogP contribution in [0.5, 0.6) is 0 Å². The molecule has 5 heteroatoms. The van der Waals surface area contributed by atoms with Gasteiger partial charge in [-0.15, -0.1) is 0 Å². The van der Waals surface area contributed by atoms with Crippen LogP contribution in [-0.4, -0.2) is 11.8 Å². The molecular formula is C14H15BrN2O2. The molecule has 2 aliphatic rings. The number of amides is 2. The van der Waals surface area contributed by atoms with E-state index in [0.29, 0.717) is 17.8 Å². The molecular weight excluding hydrogens is 308 g/mol. The Bertz CT molecular complexity index is 565. The van der Waals surface area contributed by atoms with Gasteiger partial charge >= 0.3 is 0 Å². The van der Waals surface area contributed by atoms with Crippen molar-refractivity contribution in [2.45, 2.75) is 32.1 Å². The topological polar surface area (TPSA) is 63.4 Å². The smallest absolute Gasteiger partial charge is 0.240 e. The Balaban J connectivity index is 1.98. The number of carbonyl (C=O) groups excluding carboxylic acids is 2. The Hall–Kier alpha value is -1.36. The number of rotatable bonds is 1. The summed E-state index contributed by atoms with van der Waals surface area (Å²) >= 11 is 3.31. The van der Waals surface area contributed by atoms with E-state index in [4.69, 9.17) is 5.73 Å². The van der Waals surface area contributed by atoms with Gasteiger partial charge in [-0.1, -0.05) is 12.8 Å². The summed E-state index contributed by atoms with van der Waals surface area (Å²) in [6, 6.07) is 5.20. The van der Waals surface area contributed by atoms with Crippen LogP contribution in [0.25, 0.3) is 0 Å². The van der Waals surface area contributed by atoms with Gasteiger partial charge in [0.25, 0.3) is 0 Å². The first-order valence-electron chi connectivity index (χ1n) is 6.46.